The molecule has 2 aliphatic rings. The molecule has 2 heterocycles. The number of cyclic esters (lactones) is 1. The van der Waals surface area contributed by atoms with Gasteiger partial charge in [0.25, 0.3) is 11.6 Å². The first-order chi connectivity index (χ1) is 19.9. The first kappa shape index (κ1) is 28.1. The zero-order valence-corrected chi connectivity index (χ0v) is 22.6. The zero-order chi connectivity index (χ0) is 28.9. The smallest absolute Gasteiger partial charge is 0.414 e. The molecule has 11 heteroatoms. The van der Waals surface area contributed by atoms with E-state index in [2.05, 4.69) is 5.32 Å². The zero-order valence-electron chi connectivity index (χ0n) is 22.6. The molecule has 0 aliphatic carbocycles. The molecule has 0 saturated carbocycles. The van der Waals surface area contributed by atoms with Gasteiger partial charge in [-0.2, -0.15) is 0 Å². The monoisotopic (exact) mass is 560 g/mol. The van der Waals surface area contributed by atoms with Crippen molar-refractivity contribution in [3.05, 3.63) is 99.6 Å². The fourth-order valence-corrected chi connectivity index (χ4v) is 5.49. The van der Waals surface area contributed by atoms with Crippen molar-refractivity contribution < 1.29 is 29.1 Å². The van der Waals surface area contributed by atoms with Crippen molar-refractivity contribution in [1.82, 2.24) is 5.32 Å². The molecule has 1 fully saturated rings. The molecule has 3 aromatic carbocycles. The maximum absolute atomic E-state index is 13.1. The summed E-state index contributed by atoms with van der Waals surface area (Å²) < 4.78 is 10.6. The fraction of sp³-hybridized carbons (Fsp3) is 0.333. The predicted octanol–water partition coefficient (Wildman–Crippen LogP) is 4.20. The lowest BCUT2D eigenvalue weighted by Crippen LogP contribution is -2.49. The van der Waals surface area contributed by atoms with Crippen molar-refractivity contribution in [2.45, 2.75) is 37.6 Å². The molecular weight excluding hydrogens is 528 g/mol. The number of rotatable bonds is 9. The topological polar surface area (TPSA) is 134 Å². The average molecular weight is 561 g/mol. The van der Waals surface area contributed by atoms with Gasteiger partial charge in [0.1, 0.15) is 18.4 Å². The summed E-state index contributed by atoms with van der Waals surface area (Å²) in [6.45, 7) is 1.27. The Kier molecular flexibility index (Phi) is 8.46. The molecule has 2 aliphatic heterocycles. The van der Waals surface area contributed by atoms with E-state index in [1.165, 1.54) is 13.2 Å². The van der Waals surface area contributed by atoms with Crippen molar-refractivity contribution in [3.63, 3.8) is 0 Å². The lowest BCUT2D eigenvalue weighted by Gasteiger charge is -2.40. The van der Waals surface area contributed by atoms with Gasteiger partial charge < -0.3 is 24.8 Å². The third-order valence-electron chi connectivity index (χ3n) is 7.59. The van der Waals surface area contributed by atoms with E-state index in [0.29, 0.717) is 37.2 Å². The molecule has 2 N–H and O–H groups in total. The van der Waals surface area contributed by atoms with E-state index in [4.69, 9.17) is 9.47 Å². The summed E-state index contributed by atoms with van der Waals surface area (Å²) >= 11 is 0. The highest BCUT2D eigenvalue weighted by Gasteiger charge is 2.35. The summed E-state index contributed by atoms with van der Waals surface area (Å²) in [5.41, 5.74) is 2.72. The Bertz CT molecular complexity index is 1410. The van der Waals surface area contributed by atoms with Gasteiger partial charge in [-0.3, -0.25) is 19.8 Å². The fourth-order valence-electron chi connectivity index (χ4n) is 5.49. The van der Waals surface area contributed by atoms with Gasteiger partial charge in [-0.1, -0.05) is 48.5 Å². The molecule has 3 aromatic rings. The van der Waals surface area contributed by atoms with Crippen LogP contribution in [0.15, 0.2) is 72.8 Å². The van der Waals surface area contributed by atoms with Crippen LogP contribution in [0.2, 0.25) is 0 Å². The molecule has 0 aromatic heterocycles. The number of benzene rings is 3. The molecule has 41 heavy (non-hydrogen) atoms. The number of nitrogens with zero attached hydrogens (tertiary/aromatic N) is 3. The van der Waals surface area contributed by atoms with Gasteiger partial charge >= 0.3 is 6.09 Å². The van der Waals surface area contributed by atoms with E-state index >= 15 is 0 Å². The number of hydrogen-bond acceptors (Lipinski definition) is 8. The Balaban J connectivity index is 1.29. The molecule has 2 amide bonds. The average Bonchev–Trinajstić information content (AvgIpc) is 3.00. The van der Waals surface area contributed by atoms with Crippen LogP contribution in [0.1, 0.15) is 40.4 Å². The van der Waals surface area contributed by atoms with E-state index < -0.39 is 23.0 Å². The lowest BCUT2D eigenvalue weighted by molar-refractivity contribution is -0.384. The number of piperidine rings is 1. The number of para-hydroxylation sites is 1. The number of carbonyl (C=O) groups excluding carboxylic acids is 2. The highest BCUT2D eigenvalue weighted by Crippen LogP contribution is 2.35. The number of hydrogen-bond donors (Lipinski definition) is 2. The van der Waals surface area contributed by atoms with Crippen LogP contribution in [-0.4, -0.2) is 60.9 Å². The minimum Gasteiger partial charge on any atom is -0.444 e. The molecule has 2 atom stereocenters. The molecule has 2 unspecified atom stereocenters. The minimum absolute atomic E-state index is 0.0476. The van der Waals surface area contributed by atoms with Crippen molar-refractivity contribution in [2.24, 2.45) is 0 Å². The highest BCUT2D eigenvalue weighted by molar-refractivity contribution is 5.96. The Labute approximate surface area is 237 Å². The number of nitro benzene ring substituents is 1. The first-order valence-electron chi connectivity index (χ1n) is 13.5. The van der Waals surface area contributed by atoms with E-state index in [1.807, 2.05) is 35.2 Å². The van der Waals surface area contributed by atoms with Crippen LogP contribution in [0.5, 0.6) is 0 Å². The number of aliphatic hydroxyl groups is 1. The van der Waals surface area contributed by atoms with Crippen LogP contribution < -0.4 is 15.1 Å². The maximum atomic E-state index is 13.1. The molecule has 1 saturated heterocycles. The van der Waals surface area contributed by atoms with Crippen molar-refractivity contribution in [1.29, 1.82) is 0 Å². The van der Waals surface area contributed by atoms with Gasteiger partial charge in [-0.05, 0) is 36.6 Å². The predicted molar refractivity (Wildman–Crippen MR) is 152 cm³/mol. The van der Waals surface area contributed by atoms with Gasteiger partial charge in [0.15, 0.2) is 0 Å². The van der Waals surface area contributed by atoms with Gasteiger partial charge in [-0.25, -0.2) is 4.79 Å². The summed E-state index contributed by atoms with van der Waals surface area (Å²) in [7, 11) is 1.46. The molecule has 5 rings (SSSR count). The molecular formula is C30H32N4O7. The Hall–Kier alpha value is -4.48. The molecule has 0 radical (unpaired) electrons. The third-order valence-corrected chi connectivity index (χ3v) is 7.59. The second-order valence-electron chi connectivity index (χ2n) is 10.1. The number of amides is 2. The van der Waals surface area contributed by atoms with Crippen LogP contribution in [0.4, 0.5) is 21.9 Å². The Morgan fingerprint density at radius 3 is 2.51 bits per heavy atom. The quantitative estimate of drug-likeness (QED) is 0.294. The lowest BCUT2D eigenvalue weighted by atomic mass is 9.99. The number of carbonyl (C=O) groups is 2. The van der Waals surface area contributed by atoms with Crippen molar-refractivity contribution >= 4 is 29.1 Å². The van der Waals surface area contributed by atoms with E-state index in [1.54, 1.807) is 41.3 Å². The largest absolute Gasteiger partial charge is 0.444 e. The summed E-state index contributed by atoms with van der Waals surface area (Å²) in [4.78, 5) is 40.9. The first-order valence-corrected chi connectivity index (χ1v) is 13.5. The second kappa shape index (κ2) is 12.4. The number of aliphatic hydroxyl groups excluding tert-OH is 1. The standard InChI is InChI=1S/C30H32N4O7/c1-40-19-24(28(35)20-7-3-2-4-8-20)31-29(36)21-11-12-26(27(17-21)34(38)39)32-15-13-23(14-16-32)33-25-10-6-5-9-22(25)18-41-30(33)37/h2-12,17,23-24,28,35H,13-16,18-19H2,1H3,(H,31,36). The van der Waals surface area contributed by atoms with Crippen molar-refractivity contribution in [2.75, 3.05) is 36.6 Å². The minimum atomic E-state index is -1.03. The Morgan fingerprint density at radius 1 is 1.10 bits per heavy atom. The van der Waals surface area contributed by atoms with Crippen molar-refractivity contribution in [3.8, 4) is 0 Å². The Morgan fingerprint density at radius 2 is 1.80 bits per heavy atom. The van der Waals surface area contributed by atoms with Crippen LogP contribution >= 0.6 is 0 Å². The maximum Gasteiger partial charge on any atom is 0.414 e. The van der Waals surface area contributed by atoms with Gasteiger partial charge in [0.2, 0.25) is 0 Å². The van der Waals surface area contributed by atoms with E-state index in [9.17, 15) is 24.8 Å². The van der Waals surface area contributed by atoms with Crippen LogP contribution in [0.3, 0.4) is 0 Å². The van der Waals surface area contributed by atoms with Gasteiger partial charge in [-0.15, -0.1) is 0 Å². The van der Waals surface area contributed by atoms with Gasteiger partial charge in [0.05, 0.1) is 23.3 Å². The third kappa shape index (κ3) is 6.01. The van der Waals surface area contributed by atoms with E-state index in [0.717, 1.165) is 11.3 Å². The normalized spacial score (nSPS) is 16.9. The molecule has 11 nitrogen and oxygen atoms in total. The number of nitrogens with one attached hydrogen (secondary N) is 1. The number of fused-ring (bicyclic) bond motifs is 1. The number of ether oxygens (including phenoxy) is 2. The summed E-state index contributed by atoms with van der Waals surface area (Å²) in [5, 5.41) is 25.6. The number of nitro groups is 1. The second-order valence-corrected chi connectivity index (χ2v) is 10.1. The summed E-state index contributed by atoms with van der Waals surface area (Å²) in [6.07, 6.45) is -0.217. The van der Waals surface area contributed by atoms with Crippen LogP contribution in [0.25, 0.3) is 0 Å². The number of methoxy groups -OCH3 is 1. The number of anilines is 2. The SMILES string of the molecule is COCC(NC(=O)c1ccc(N2CCC(N3C(=O)OCc4ccccc43)CC2)c([N+](=O)[O-])c1)C(O)c1ccccc1. The summed E-state index contributed by atoms with van der Waals surface area (Å²) in [5.74, 6) is -0.558. The molecule has 0 spiro atoms. The molecule has 214 valence electrons. The van der Waals surface area contributed by atoms with Crippen LogP contribution in [0, 0.1) is 10.1 Å². The summed E-state index contributed by atoms with van der Waals surface area (Å²) in [6, 6.07) is 20.0. The van der Waals surface area contributed by atoms with E-state index in [-0.39, 0.29) is 36.6 Å². The van der Waals surface area contributed by atoms with Gasteiger partial charge in [0, 0.05) is 43.4 Å². The molecule has 0 bridgehead atoms. The highest BCUT2D eigenvalue weighted by atomic mass is 16.6. The van der Waals surface area contributed by atoms with Crippen LogP contribution in [-0.2, 0) is 16.1 Å².